The average Bonchev–Trinajstić information content (AvgIpc) is 2.45. The van der Waals surface area contributed by atoms with E-state index in [1.54, 1.807) is 0 Å². The standard InChI is InChI=1S/C16H23NO3/c18-15-10-5-4-9-14(15)17(12-6-11-16(19)20)13-7-2-1-3-8-13/h1-3,7-8,14-15,18H,4-6,9-12H2,(H,19,20). The Kier molecular flexibility index (Phi) is 5.41. The fourth-order valence-corrected chi connectivity index (χ4v) is 2.96. The van der Waals surface area contributed by atoms with Gasteiger partial charge in [-0.15, -0.1) is 0 Å². The van der Waals surface area contributed by atoms with Gasteiger partial charge >= 0.3 is 5.97 Å². The molecule has 1 aliphatic carbocycles. The Bertz CT molecular complexity index is 421. The van der Waals surface area contributed by atoms with Gasteiger partial charge in [-0.1, -0.05) is 31.0 Å². The number of rotatable bonds is 6. The molecule has 0 aliphatic heterocycles. The number of nitrogens with zero attached hydrogens (tertiary/aromatic N) is 1. The van der Waals surface area contributed by atoms with E-state index < -0.39 is 5.97 Å². The summed E-state index contributed by atoms with van der Waals surface area (Å²) in [6, 6.07) is 10.1. The van der Waals surface area contributed by atoms with E-state index in [0.29, 0.717) is 13.0 Å². The van der Waals surface area contributed by atoms with Crippen molar-refractivity contribution >= 4 is 11.7 Å². The maximum Gasteiger partial charge on any atom is 0.303 e. The first-order chi connectivity index (χ1) is 9.68. The number of aliphatic hydroxyl groups is 1. The molecule has 20 heavy (non-hydrogen) atoms. The summed E-state index contributed by atoms with van der Waals surface area (Å²) < 4.78 is 0. The normalized spacial score (nSPS) is 22.4. The fraction of sp³-hybridized carbons (Fsp3) is 0.562. The van der Waals surface area contributed by atoms with Crippen LogP contribution in [0.2, 0.25) is 0 Å². The highest BCUT2D eigenvalue weighted by atomic mass is 16.4. The molecule has 2 rings (SSSR count). The molecule has 0 bridgehead atoms. The lowest BCUT2D eigenvalue weighted by Gasteiger charge is -2.39. The number of aliphatic hydroxyl groups excluding tert-OH is 1. The van der Waals surface area contributed by atoms with E-state index in [1.807, 2.05) is 30.3 Å². The van der Waals surface area contributed by atoms with Crippen molar-refractivity contribution in [3.8, 4) is 0 Å². The molecule has 1 aromatic rings. The molecule has 2 unspecified atom stereocenters. The number of hydrogen-bond acceptors (Lipinski definition) is 3. The predicted molar refractivity (Wildman–Crippen MR) is 78.9 cm³/mol. The maximum atomic E-state index is 10.7. The summed E-state index contributed by atoms with van der Waals surface area (Å²) in [6.45, 7) is 0.679. The second kappa shape index (κ2) is 7.29. The Labute approximate surface area is 120 Å². The highest BCUT2D eigenvalue weighted by molar-refractivity contribution is 5.66. The Morgan fingerprint density at radius 2 is 1.90 bits per heavy atom. The first-order valence-electron chi connectivity index (χ1n) is 7.40. The minimum atomic E-state index is -0.762. The summed E-state index contributed by atoms with van der Waals surface area (Å²) >= 11 is 0. The van der Waals surface area contributed by atoms with Crippen LogP contribution in [0.4, 0.5) is 5.69 Å². The zero-order valence-corrected chi connectivity index (χ0v) is 11.7. The van der Waals surface area contributed by atoms with Crippen LogP contribution < -0.4 is 4.90 Å². The van der Waals surface area contributed by atoms with Crippen molar-refractivity contribution in [1.29, 1.82) is 0 Å². The number of benzene rings is 1. The topological polar surface area (TPSA) is 60.8 Å². The predicted octanol–water partition coefficient (Wildman–Crippen LogP) is 2.66. The summed E-state index contributed by atoms with van der Waals surface area (Å²) in [4.78, 5) is 12.9. The second-order valence-corrected chi connectivity index (χ2v) is 5.45. The Balaban J connectivity index is 2.08. The molecule has 4 heteroatoms. The van der Waals surface area contributed by atoms with Crippen molar-refractivity contribution in [1.82, 2.24) is 0 Å². The average molecular weight is 277 g/mol. The highest BCUT2D eigenvalue weighted by Crippen LogP contribution is 2.28. The SMILES string of the molecule is O=C(O)CCCN(c1ccccc1)C1CCCCC1O. The van der Waals surface area contributed by atoms with E-state index in [1.165, 1.54) is 0 Å². The molecule has 1 aliphatic rings. The first kappa shape index (κ1) is 14.9. The van der Waals surface area contributed by atoms with Crippen LogP contribution in [0.3, 0.4) is 0 Å². The molecule has 1 aromatic carbocycles. The maximum absolute atomic E-state index is 10.7. The molecule has 0 saturated heterocycles. The van der Waals surface area contributed by atoms with E-state index >= 15 is 0 Å². The minimum Gasteiger partial charge on any atom is -0.481 e. The summed E-state index contributed by atoms with van der Waals surface area (Å²) in [6.07, 6.45) is 4.49. The van der Waals surface area contributed by atoms with Crippen LogP contribution in [-0.4, -0.2) is 34.9 Å². The zero-order chi connectivity index (χ0) is 14.4. The van der Waals surface area contributed by atoms with Crippen molar-refractivity contribution in [2.45, 2.75) is 50.7 Å². The van der Waals surface area contributed by atoms with Crippen LogP contribution in [-0.2, 0) is 4.79 Å². The molecular formula is C16H23NO3. The molecule has 0 aromatic heterocycles. The van der Waals surface area contributed by atoms with Crippen molar-refractivity contribution in [2.24, 2.45) is 0 Å². The molecule has 2 N–H and O–H groups in total. The third kappa shape index (κ3) is 3.97. The van der Waals surface area contributed by atoms with Crippen LogP contribution in [0.15, 0.2) is 30.3 Å². The van der Waals surface area contributed by atoms with Crippen molar-refractivity contribution in [3.63, 3.8) is 0 Å². The molecule has 2 atom stereocenters. The van der Waals surface area contributed by atoms with Crippen LogP contribution in [0.5, 0.6) is 0 Å². The minimum absolute atomic E-state index is 0.111. The molecule has 0 radical (unpaired) electrons. The van der Waals surface area contributed by atoms with Gasteiger partial charge in [-0.3, -0.25) is 4.79 Å². The van der Waals surface area contributed by atoms with E-state index in [2.05, 4.69) is 4.90 Å². The lowest BCUT2D eigenvalue weighted by molar-refractivity contribution is -0.137. The highest BCUT2D eigenvalue weighted by Gasteiger charge is 2.28. The fourth-order valence-electron chi connectivity index (χ4n) is 2.96. The number of carbonyl (C=O) groups is 1. The van der Waals surface area contributed by atoms with Gasteiger partial charge in [0.15, 0.2) is 0 Å². The van der Waals surface area contributed by atoms with Crippen LogP contribution >= 0.6 is 0 Å². The van der Waals surface area contributed by atoms with Crippen LogP contribution in [0.25, 0.3) is 0 Å². The summed E-state index contributed by atoms with van der Waals surface area (Å²) in [5.41, 5.74) is 1.07. The number of carboxylic acid groups (broad SMARTS) is 1. The molecule has 0 heterocycles. The summed E-state index contributed by atoms with van der Waals surface area (Å²) in [5, 5.41) is 19.0. The molecule has 110 valence electrons. The molecule has 0 amide bonds. The first-order valence-corrected chi connectivity index (χ1v) is 7.40. The lowest BCUT2D eigenvalue weighted by atomic mass is 9.90. The lowest BCUT2D eigenvalue weighted by Crippen LogP contribution is -2.46. The summed E-state index contributed by atoms with van der Waals surface area (Å²) in [5.74, 6) is -0.762. The number of para-hydroxylation sites is 1. The largest absolute Gasteiger partial charge is 0.481 e. The Morgan fingerprint density at radius 1 is 1.20 bits per heavy atom. The smallest absolute Gasteiger partial charge is 0.303 e. The monoisotopic (exact) mass is 277 g/mol. The van der Waals surface area contributed by atoms with Gasteiger partial charge in [-0.25, -0.2) is 0 Å². The van der Waals surface area contributed by atoms with Gasteiger partial charge in [0.1, 0.15) is 0 Å². The molecule has 4 nitrogen and oxygen atoms in total. The molecular weight excluding hydrogens is 254 g/mol. The van der Waals surface area contributed by atoms with Gasteiger partial charge in [0, 0.05) is 18.7 Å². The summed E-state index contributed by atoms with van der Waals surface area (Å²) in [7, 11) is 0. The zero-order valence-electron chi connectivity index (χ0n) is 11.7. The van der Waals surface area contributed by atoms with Gasteiger partial charge in [0.25, 0.3) is 0 Å². The molecule has 1 fully saturated rings. The molecule has 1 saturated carbocycles. The third-order valence-electron chi connectivity index (χ3n) is 3.97. The third-order valence-corrected chi connectivity index (χ3v) is 3.97. The van der Waals surface area contributed by atoms with Crippen LogP contribution in [0, 0.1) is 0 Å². The van der Waals surface area contributed by atoms with E-state index in [0.717, 1.165) is 31.4 Å². The van der Waals surface area contributed by atoms with E-state index in [-0.39, 0.29) is 18.6 Å². The van der Waals surface area contributed by atoms with Crippen molar-refractivity contribution in [3.05, 3.63) is 30.3 Å². The Hall–Kier alpha value is -1.55. The number of carboxylic acids is 1. The van der Waals surface area contributed by atoms with Crippen molar-refractivity contribution < 1.29 is 15.0 Å². The number of aliphatic carboxylic acids is 1. The number of hydrogen-bond donors (Lipinski definition) is 2. The van der Waals surface area contributed by atoms with Gasteiger partial charge in [0.05, 0.1) is 12.1 Å². The van der Waals surface area contributed by atoms with E-state index in [4.69, 9.17) is 5.11 Å². The van der Waals surface area contributed by atoms with Gasteiger partial charge in [-0.2, -0.15) is 0 Å². The quantitative estimate of drug-likeness (QED) is 0.839. The van der Waals surface area contributed by atoms with E-state index in [9.17, 15) is 9.90 Å². The Morgan fingerprint density at radius 3 is 2.55 bits per heavy atom. The number of anilines is 1. The van der Waals surface area contributed by atoms with Gasteiger partial charge in [0.2, 0.25) is 0 Å². The van der Waals surface area contributed by atoms with Gasteiger partial charge in [-0.05, 0) is 31.4 Å². The molecule has 0 spiro atoms. The van der Waals surface area contributed by atoms with Crippen molar-refractivity contribution in [2.75, 3.05) is 11.4 Å². The van der Waals surface area contributed by atoms with Crippen LogP contribution in [0.1, 0.15) is 38.5 Å². The van der Waals surface area contributed by atoms with Gasteiger partial charge < -0.3 is 15.1 Å². The second-order valence-electron chi connectivity index (χ2n) is 5.45.